The van der Waals surface area contributed by atoms with Gasteiger partial charge in [0.15, 0.2) is 0 Å². The Morgan fingerprint density at radius 1 is 0.885 bits per heavy atom. The van der Waals surface area contributed by atoms with Gasteiger partial charge in [0.05, 0.1) is 17.4 Å². The van der Waals surface area contributed by atoms with Crippen LogP contribution in [0.2, 0.25) is 0 Å². The second-order valence-electron chi connectivity index (χ2n) is 6.96. The van der Waals surface area contributed by atoms with Gasteiger partial charge in [0.2, 0.25) is 0 Å². The Morgan fingerprint density at radius 2 is 1.73 bits per heavy atom. The van der Waals surface area contributed by atoms with Crippen LogP contribution in [0.3, 0.4) is 0 Å². The molecule has 1 saturated heterocycles. The lowest BCUT2D eigenvalue weighted by Gasteiger charge is -2.31. The Bertz CT molecular complexity index is 863. The molecule has 1 aliphatic heterocycles. The molecule has 0 radical (unpaired) electrons. The highest BCUT2D eigenvalue weighted by molar-refractivity contribution is 5.24. The van der Waals surface area contributed by atoms with Crippen LogP contribution in [0.4, 0.5) is 0 Å². The summed E-state index contributed by atoms with van der Waals surface area (Å²) in [4.78, 5) is 13.9. The first kappa shape index (κ1) is 16.9. The molecule has 0 aliphatic carbocycles. The van der Waals surface area contributed by atoms with Crippen LogP contribution in [-0.2, 0) is 6.42 Å². The van der Waals surface area contributed by atoms with E-state index in [0.29, 0.717) is 6.04 Å². The number of piperidine rings is 1. The molecule has 2 atom stereocenters. The Morgan fingerprint density at radius 3 is 2.58 bits per heavy atom. The summed E-state index contributed by atoms with van der Waals surface area (Å²) in [6, 6.07) is 17.1. The van der Waals surface area contributed by atoms with Crippen molar-refractivity contribution < 1.29 is 0 Å². The highest BCUT2D eigenvalue weighted by atomic mass is 15.0. The van der Waals surface area contributed by atoms with Gasteiger partial charge in [0.25, 0.3) is 0 Å². The van der Waals surface area contributed by atoms with Crippen LogP contribution in [0, 0.1) is 6.92 Å². The van der Waals surface area contributed by atoms with Crippen LogP contribution in [0.15, 0.2) is 60.9 Å². The molecule has 4 nitrogen and oxygen atoms in total. The number of nitrogens with zero attached hydrogens (tertiary/aromatic N) is 3. The van der Waals surface area contributed by atoms with Crippen molar-refractivity contribution in [3.8, 4) is 0 Å². The van der Waals surface area contributed by atoms with E-state index in [-0.39, 0.29) is 6.04 Å². The number of pyridine rings is 3. The highest BCUT2D eigenvalue weighted by Gasteiger charge is 2.26. The largest absolute Gasteiger partial charge is 0.300 e. The zero-order valence-electron chi connectivity index (χ0n) is 15.1. The van der Waals surface area contributed by atoms with Crippen molar-refractivity contribution in [2.45, 2.75) is 44.7 Å². The smallest absolute Gasteiger partial charge is 0.0602 e. The lowest BCUT2D eigenvalue weighted by molar-refractivity contribution is 0.320. The fourth-order valence-electron chi connectivity index (χ4n) is 3.73. The lowest BCUT2D eigenvalue weighted by atomic mass is 9.92. The fourth-order valence-corrected chi connectivity index (χ4v) is 3.73. The van der Waals surface area contributed by atoms with E-state index in [1.165, 1.54) is 17.7 Å². The zero-order chi connectivity index (χ0) is 17.8. The van der Waals surface area contributed by atoms with E-state index in [4.69, 9.17) is 4.98 Å². The molecule has 4 heteroatoms. The number of nitrogens with one attached hydrogen (secondary N) is 1. The van der Waals surface area contributed by atoms with Gasteiger partial charge >= 0.3 is 0 Å². The van der Waals surface area contributed by atoms with Gasteiger partial charge in [-0.3, -0.25) is 15.0 Å². The number of aromatic nitrogens is 3. The molecule has 0 saturated carbocycles. The molecule has 2 unspecified atom stereocenters. The van der Waals surface area contributed by atoms with Crippen molar-refractivity contribution in [2.75, 3.05) is 0 Å². The average Bonchev–Trinajstić information content (AvgIpc) is 2.69. The first-order chi connectivity index (χ1) is 12.8. The molecular weight excluding hydrogens is 320 g/mol. The second kappa shape index (κ2) is 7.75. The van der Waals surface area contributed by atoms with Crippen molar-refractivity contribution >= 4 is 0 Å². The van der Waals surface area contributed by atoms with E-state index in [9.17, 15) is 0 Å². The molecule has 4 rings (SSSR count). The molecular formula is C22H24N4. The summed E-state index contributed by atoms with van der Waals surface area (Å²) in [5.74, 6) is 0. The number of hydrogen-bond acceptors (Lipinski definition) is 4. The molecule has 3 aromatic heterocycles. The third-order valence-electron chi connectivity index (χ3n) is 5.04. The number of rotatable bonds is 4. The SMILES string of the molecule is Cc1cccnc1C1CCCC(c2cccc(Cc3ccccn3)n2)N1. The first-order valence-corrected chi connectivity index (χ1v) is 9.33. The van der Waals surface area contributed by atoms with Crippen molar-refractivity contribution in [2.24, 2.45) is 0 Å². The summed E-state index contributed by atoms with van der Waals surface area (Å²) in [5, 5.41) is 3.78. The third kappa shape index (κ3) is 3.81. The summed E-state index contributed by atoms with van der Waals surface area (Å²) >= 11 is 0. The van der Waals surface area contributed by atoms with Gasteiger partial charge < -0.3 is 5.32 Å². The third-order valence-corrected chi connectivity index (χ3v) is 5.04. The molecule has 0 spiro atoms. The normalized spacial score (nSPS) is 20.0. The number of hydrogen-bond donors (Lipinski definition) is 1. The van der Waals surface area contributed by atoms with Gasteiger partial charge in [-0.25, -0.2) is 0 Å². The van der Waals surface area contributed by atoms with Crippen molar-refractivity contribution in [1.29, 1.82) is 0 Å². The van der Waals surface area contributed by atoms with Crippen molar-refractivity contribution in [3.05, 3.63) is 89.3 Å². The quantitative estimate of drug-likeness (QED) is 0.765. The van der Waals surface area contributed by atoms with Crippen molar-refractivity contribution in [3.63, 3.8) is 0 Å². The molecule has 1 aliphatic rings. The molecule has 1 fully saturated rings. The van der Waals surface area contributed by atoms with E-state index < -0.39 is 0 Å². The summed E-state index contributed by atoms with van der Waals surface area (Å²) in [6.07, 6.45) is 7.92. The van der Waals surface area contributed by atoms with Crippen LogP contribution in [0.25, 0.3) is 0 Å². The van der Waals surface area contributed by atoms with E-state index in [1.54, 1.807) is 0 Å². The van der Waals surface area contributed by atoms with Crippen LogP contribution < -0.4 is 5.32 Å². The van der Waals surface area contributed by atoms with Gasteiger partial charge in [0.1, 0.15) is 0 Å². The summed E-state index contributed by atoms with van der Waals surface area (Å²) in [7, 11) is 0. The molecule has 0 aromatic carbocycles. The van der Waals surface area contributed by atoms with Crippen molar-refractivity contribution in [1.82, 2.24) is 20.3 Å². The lowest BCUT2D eigenvalue weighted by Crippen LogP contribution is -2.32. The molecule has 132 valence electrons. The first-order valence-electron chi connectivity index (χ1n) is 9.33. The van der Waals surface area contributed by atoms with Crippen LogP contribution in [-0.4, -0.2) is 15.0 Å². The maximum absolute atomic E-state index is 4.92. The van der Waals surface area contributed by atoms with Gasteiger partial charge in [-0.2, -0.15) is 0 Å². The molecule has 3 aromatic rings. The van der Waals surface area contributed by atoms with Crippen LogP contribution >= 0.6 is 0 Å². The predicted octanol–water partition coefficient (Wildman–Crippen LogP) is 4.33. The monoisotopic (exact) mass is 344 g/mol. The molecule has 0 bridgehead atoms. The second-order valence-corrected chi connectivity index (χ2v) is 6.96. The molecule has 0 amide bonds. The highest BCUT2D eigenvalue weighted by Crippen LogP contribution is 2.32. The van der Waals surface area contributed by atoms with Crippen LogP contribution in [0.1, 0.15) is 59.7 Å². The topological polar surface area (TPSA) is 50.7 Å². The maximum Gasteiger partial charge on any atom is 0.0602 e. The Hall–Kier alpha value is -2.59. The summed E-state index contributed by atoms with van der Waals surface area (Å²) < 4.78 is 0. The molecule has 1 N–H and O–H groups in total. The van der Waals surface area contributed by atoms with E-state index in [0.717, 1.165) is 36.3 Å². The van der Waals surface area contributed by atoms with E-state index in [2.05, 4.69) is 46.5 Å². The minimum Gasteiger partial charge on any atom is -0.300 e. The standard InChI is InChI=1S/C22H24N4/c1-16-7-6-14-24-22(16)21-12-5-11-20(26-21)19-10-4-9-18(25-19)15-17-8-2-3-13-23-17/h2-4,6-10,13-14,20-21,26H,5,11-12,15H2,1H3. The van der Waals surface area contributed by atoms with Gasteiger partial charge in [-0.1, -0.05) is 18.2 Å². The van der Waals surface area contributed by atoms with Gasteiger partial charge in [-0.15, -0.1) is 0 Å². The number of aryl methyl sites for hydroxylation is 1. The predicted molar refractivity (Wildman–Crippen MR) is 103 cm³/mol. The Balaban J connectivity index is 1.52. The van der Waals surface area contributed by atoms with E-state index in [1.807, 2.05) is 36.7 Å². The summed E-state index contributed by atoms with van der Waals surface area (Å²) in [5.41, 5.74) is 5.66. The Kier molecular flexibility index (Phi) is 5.02. The zero-order valence-corrected chi connectivity index (χ0v) is 15.1. The minimum atomic E-state index is 0.277. The van der Waals surface area contributed by atoms with Gasteiger partial charge in [-0.05, 0) is 62.1 Å². The summed E-state index contributed by atoms with van der Waals surface area (Å²) in [6.45, 7) is 2.14. The van der Waals surface area contributed by atoms with E-state index >= 15 is 0 Å². The fraction of sp³-hybridized carbons (Fsp3) is 0.318. The molecule has 26 heavy (non-hydrogen) atoms. The van der Waals surface area contributed by atoms with Gasteiger partial charge in [0, 0.05) is 36.2 Å². The van der Waals surface area contributed by atoms with Crippen LogP contribution in [0.5, 0.6) is 0 Å². The average molecular weight is 344 g/mol. The maximum atomic E-state index is 4.92. The minimum absolute atomic E-state index is 0.277. The molecule has 4 heterocycles. The Labute approximate surface area is 154 Å².